The van der Waals surface area contributed by atoms with Gasteiger partial charge in [-0.25, -0.2) is 13.1 Å². The summed E-state index contributed by atoms with van der Waals surface area (Å²) in [5, 5.41) is 0. The minimum atomic E-state index is -3.79. The summed E-state index contributed by atoms with van der Waals surface area (Å²) in [5.74, 6) is -1.16. The van der Waals surface area contributed by atoms with Crippen molar-refractivity contribution in [2.75, 3.05) is 0 Å². The van der Waals surface area contributed by atoms with E-state index in [4.69, 9.17) is 5.73 Å². The van der Waals surface area contributed by atoms with E-state index in [1.54, 1.807) is 32.0 Å². The summed E-state index contributed by atoms with van der Waals surface area (Å²) in [6, 6.07) is 7.33. The van der Waals surface area contributed by atoms with Gasteiger partial charge in [-0.15, -0.1) is 0 Å². The van der Waals surface area contributed by atoms with Crippen LogP contribution in [0.3, 0.4) is 0 Å². The van der Waals surface area contributed by atoms with E-state index >= 15 is 0 Å². The van der Waals surface area contributed by atoms with Crippen LogP contribution >= 0.6 is 0 Å². The van der Waals surface area contributed by atoms with Gasteiger partial charge >= 0.3 is 0 Å². The van der Waals surface area contributed by atoms with Gasteiger partial charge in [0.2, 0.25) is 5.91 Å². The van der Waals surface area contributed by atoms with Crippen LogP contribution in [-0.4, -0.2) is 20.4 Å². The summed E-state index contributed by atoms with van der Waals surface area (Å²) in [7, 11) is -3.79. The SMILES string of the molecule is CC(N)C(C)C(=O)NS(=O)(=O)c1ccccc1. The van der Waals surface area contributed by atoms with Crippen molar-refractivity contribution in [3.05, 3.63) is 30.3 Å². The van der Waals surface area contributed by atoms with E-state index in [1.807, 2.05) is 4.72 Å². The highest BCUT2D eigenvalue weighted by Gasteiger charge is 2.23. The largest absolute Gasteiger partial charge is 0.327 e. The van der Waals surface area contributed by atoms with Crippen LogP contribution in [0.2, 0.25) is 0 Å². The Bertz CT molecular complexity index is 483. The van der Waals surface area contributed by atoms with Gasteiger partial charge in [0.1, 0.15) is 0 Å². The number of nitrogens with one attached hydrogen (secondary N) is 1. The molecule has 2 unspecified atom stereocenters. The molecule has 0 aliphatic carbocycles. The summed E-state index contributed by atoms with van der Waals surface area (Å²) in [6.07, 6.45) is 0. The highest BCUT2D eigenvalue weighted by Crippen LogP contribution is 2.09. The van der Waals surface area contributed by atoms with Crippen molar-refractivity contribution in [1.29, 1.82) is 0 Å². The van der Waals surface area contributed by atoms with Crippen molar-refractivity contribution in [2.24, 2.45) is 11.7 Å². The van der Waals surface area contributed by atoms with Crippen molar-refractivity contribution in [3.63, 3.8) is 0 Å². The third-order valence-corrected chi connectivity index (χ3v) is 3.85. The minimum Gasteiger partial charge on any atom is -0.327 e. The maximum atomic E-state index is 11.8. The topological polar surface area (TPSA) is 89.3 Å². The molecule has 0 spiro atoms. The zero-order valence-corrected chi connectivity index (χ0v) is 10.6. The van der Waals surface area contributed by atoms with Crippen molar-refractivity contribution in [1.82, 2.24) is 4.72 Å². The van der Waals surface area contributed by atoms with Gasteiger partial charge in [0.05, 0.1) is 10.8 Å². The normalized spacial score (nSPS) is 15.0. The fourth-order valence-corrected chi connectivity index (χ4v) is 2.21. The van der Waals surface area contributed by atoms with Gasteiger partial charge in [-0.1, -0.05) is 25.1 Å². The molecule has 0 aliphatic rings. The second-order valence-electron chi connectivity index (χ2n) is 3.93. The molecule has 0 radical (unpaired) electrons. The van der Waals surface area contributed by atoms with E-state index in [1.165, 1.54) is 12.1 Å². The predicted octanol–water partition coefficient (Wildman–Crippen LogP) is 0.475. The molecule has 0 heterocycles. The molecule has 17 heavy (non-hydrogen) atoms. The summed E-state index contributed by atoms with van der Waals surface area (Å²) in [4.78, 5) is 11.7. The average Bonchev–Trinajstić information content (AvgIpc) is 2.28. The molecule has 1 amide bonds. The maximum absolute atomic E-state index is 11.8. The first-order chi connectivity index (χ1) is 7.84. The van der Waals surface area contributed by atoms with Crippen LogP contribution in [-0.2, 0) is 14.8 Å². The molecule has 5 nitrogen and oxygen atoms in total. The average molecular weight is 256 g/mol. The molecule has 1 aromatic carbocycles. The van der Waals surface area contributed by atoms with E-state index < -0.39 is 27.9 Å². The molecule has 0 saturated heterocycles. The van der Waals surface area contributed by atoms with E-state index in [0.717, 1.165) is 0 Å². The van der Waals surface area contributed by atoms with Crippen LogP contribution in [0.25, 0.3) is 0 Å². The molecular formula is C11H16N2O3S. The van der Waals surface area contributed by atoms with Gasteiger partial charge < -0.3 is 5.73 Å². The lowest BCUT2D eigenvalue weighted by Crippen LogP contribution is -2.41. The number of sulfonamides is 1. The van der Waals surface area contributed by atoms with E-state index in [9.17, 15) is 13.2 Å². The van der Waals surface area contributed by atoms with Gasteiger partial charge in [0.15, 0.2) is 0 Å². The van der Waals surface area contributed by atoms with Crippen molar-refractivity contribution in [3.8, 4) is 0 Å². The summed E-state index contributed by atoms with van der Waals surface area (Å²) >= 11 is 0. The van der Waals surface area contributed by atoms with Gasteiger partial charge in [-0.05, 0) is 19.1 Å². The molecule has 0 saturated carbocycles. The molecule has 94 valence electrons. The van der Waals surface area contributed by atoms with Crippen LogP contribution in [0.5, 0.6) is 0 Å². The number of rotatable bonds is 4. The number of carbonyl (C=O) groups is 1. The fraction of sp³-hybridized carbons (Fsp3) is 0.364. The second-order valence-corrected chi connectivity index (χ2v) is 5.61. The maximum Gasteiger partial charge on any atom is 0.264 e. The van der Waals surface area contributed by atoms with Crippen LogP contribution in [0.4, 0.5) is 0 Å². The molecular weight excluding hydrogens is 240 g/mol. The van der Waals surface area contributed by atoms with Gasteiger partial charge in [-0.3, -0.25) is 4.79 Å². The van der Waals surface area contributed by atoms with Crippen molar-refractivity contribution >= 4 is 15.9 Å². The quantitative estimate of drug-likeness (QED) is 0.819. The van der Waals surface area contributed by atoms with Crippen LogP contribution in [0.1, 0.15) is 13.8 Å². The molecule has 3 N–H and O–H groups in total. The zero-order valence-electron chi connectivity index (χ0n) is 9.75. The highest BCUT2D eigenvalue weighted by molar-refractivity contribution is 7.90. The van der Waals surface area contributed by atoms with Gasteiger partial charge in [0, 0.05) is 6.04 Å². The number of carbonyl (C=O) groups excluding carboxylic acids is 1. The lowest BCUT2D eigenvalue weighted by molar-refractivity contribution is -0.123. The zero-order chi connectivity index (χ0) is 13.1. The number of amides is 1. The predicted molar refractivity (Wildman–Crippen MR) is 64.6 cm³/mol. The van der Waals surface area contributed by atoms with Crippen molar-refractivity contribution in [2.45, 2.75) is 24.8 Å². The number of benzene rings is 1. The molecule has 2 atom stereocenters. The lowest BCUT2D eigenvalue weighted by Gasteiger charge is -2.15. The number of hydrogen-bond donors (Lipinski definition) is 2. The Labute approximate surface area is 101 Å². The molecule has 0 fully saturated rings. The molecule has 0 bridgehead atoms. The van der Waals surface area contributed by atoms with Crippen LogP contribution in [0, 0.1) is 5.92 Å². The minimum absolute atomic E-state index is 0.0604. The number of hydrogen-bond acceptors (Lipinski definition) is 4. The molecule has 1 aromatic rings. The molecule has 1 rings (SSSR count). The third-order valence-electron chi connectivity index (χ3n) is 2.49. The smallest absolute Gasteiger partial charge is 0.264 e. The first kappa shape index (κ1) is 13.7. The Hall–Kier alpha value is -1.40. The monoisotopic (exact) mass is 256 g/mol. The van der Waals surface area contributed by atoms with Crippen molar-refractivity contribution < 1.29 is 13.2 Å². The Balaban J connectivity index is 2.85. The summed E-state index contributed by atoms with van der Waals surface area (Å²) in [6.45, 7) is 3.24. The molecule has 0 aliphatic heterocycles. The van der Waals surface area contributed by atoms with Crippen LogP contribution in [0.15, 0.2) is 35.2 Å². The Morgan fingerprint density at radius 2 is 1.76 bits per heavy atom. The Kier molecular flexibility index (Phi) is 4.25. The Morgan fingerprint density at radius 3 is 2.24 bits per heavy atom. The molecule has 0 aromatic heterocycles. The first-order valence-corrected chi connectivity index (χ1v) is 6.70. The van der Waals surface area contributed by atoms with Gasteiger partial charge in [-0.2, -0.15) is 0 Å². The lowest BCUT2D eigenvalue weighted by atomic mass is 10.1. The first-order valence-electron chi connectivity index (χ1n) is 5.22. The number of nitrogens with two attached hydrogens (primary N) is 1. The highest BCUT2D eigenvalue weighted by atomic mass is 32.2. The van der Waals surface area contributed by atoms with Crippen LogP contribution < -0.4 is 10.5 Å². The fourth-order valence-electron chi connectivity index (χ4n) is 1.12. The standard InChI is InChI=1S/C11H16N2O3S/c1-8(9(2)12)11(14)13-17(15,16)10-6-4-3-5-7-10/h3-9H,12H2,1-2H3,(H,13,14). The van der Waals surface area contributed by atoms with E-state index in [-0.39, 0.29) is 4.90 Å². The summed E-state index contributed by atoms with van der Waals surface area (Å²) < 4.78 is 25.6. The van der Waals surface area contributed by atoms with Gasteiger partial charge in [0.25, 0.3) is 10.0 Å². The van der Waals surface area contributed by atoms with E-state index in [2.05, 4.69) is 0 Å². The second kappa shape index (κ2) is 5.29. The third kappa shape index (κ3) is 3.54. The molecule has 6 heteroatoms. The summed E-state index contributed by atoms with van der Waals surface area (Å²) in [5.41, 5.74) is 5.54. The Morgan fingerprint density at radius 1 is 1.24 bits per heavy atom. The van der Waals surface area contributed by atoms with E-state index in [0.29, 0.717) is 0 Å².